The SMILES string of the molecule is CCOC(=O)CCCCCSc1ccccc1N(C)C(=O)c1ccc(N)cc1. The average Bonchev–Trinajstić information content (AvgIpc) is 2.70. The number of nitrogens with zero attached hydrogens (tertiary/aromatic N) is 1. The lowest BCUT2D eigenvalue weighted by atomic mass is 10.1. The summed E-state index contributed by atoms with van der Waals surface area (Å²) in [5.74, 6) is 0.745. The Balaban J connectivity index is 1.88. The molecule has 0 unspecified atom stereocenters. The van der Waals surface area contributed by atoms with Crippen molar-refractivity contribution in [3.8, 4) is 0 Å². The highest BCUT2D eigenvalue weighted by atomic mass is 32.2. The van der Waals surface area contributed by atoms with E-state index in [4.69, 9.17) is 10.5 Å². The van der Waals surface area contributed by atoms with E-state index in [1.54, 1.807) is 48.0 Å². The van der Waals surface area contributed by atoms with Gasteiger partial charge in [-0.05, 0) is 61.9 Å². The second kappa shape index (κ2) is 11.4. The third kappa shape index (κ3) is 6.60. The summed E-state index contributed by atoms with van der Waals surface area (Å²) in [6.07, 6.45) is 3.31. The molecule has 0 saturated carbocycles. The van der Waals surface area contributed by atoms with Crippen molar-refractivity contribution in [2.45, 2.75) is 37.5 Å². The molecule has 0 atom stereocenters. The summed E-state index contributed by atoms with van der Waals surface area (Å²) < 4.78 is 4.94. The summed E-state index contributed by atoms with van der Waals surface area (Å²) >= 11 is 1.73. The van der Waals surface area contributed by atoms with E-state index < -0.39 is 0 Å². The smallest absolute Gasteiger partial charge is 0.305 e. The predicted octanol–water partition coefficient (Wildman–Crippen LogP) is 4.76. The first kappa shape index (κ1) is 21.8. The number of unbranched alkanes of at least 4 members (excludes halogenated alkanes) is 2. The maximum atomic E-state index is 12.8. The number of anilines is 2. The zero-order valence-corrected chi connectivity index (χ0v) is 17.3. The Morgan fingerprint density at radius 3 is 2.46 bits per heavy atom. The van der Waals surface area contributed by atoms with Crippen molar-refractivity contribution < 1.29 is 14.3 Å². The lowest BCUT2D eigenvalue weighted by Crippen LogP contribution is -2.26. The molecule has 0 aliphatic carbocycles. The van der Waals surface area contributed by atoms with Crippen LogP contribution in [0.1, 0.15) is 43.0 Å². The van der Waals surface area contributed by atoms with Crippen LogP contribution < -0.4 is 10.6 Å². The summed E-state index contributed by atoms with van der Waals surface area (Å²) in [6, 6.07) is 14.9. The maximum absolute atomic E-state index is 12.8. The minimum Gasteiger partial charge on any atom is -0.466 e. The normalized spacial score (nSPS) is 10.5. The van der Waals surface area contributed by atoms with Crippen LogP contribution in [0.5, 0.6) is 0 Å². The van der Waals surface area contributed by atoms with Gasteiger partial charge in [-0.25, -0.2) is 0 Å². The van der Waals surface area contributed by atoms with Gasteiger partial charge in [-0.1, -0.05) is 18.6 Å². The lowest BCUT2D eigenvalue weighted by molar-refractivity contribution is -0.143. The minimum absolute atomic E-state index is 0.0671. The fourth-order valence-corrected chi connectivity index (χ4v) is 3.84. The number of hydrogen-bond donors (Lipinski definition) is 1. The van der Waals surface area contributed by atoms with Gasteiger partial charge in [-0.2, -0.15) is 0 Å². The number of amides is 1. The third-order valence-electron chi connectivity index (χ3n) is 4.28. The summed E-state index contributed by atoms with van der Waals surface area (Å²) in [5.41, 5.74) is 7.84. The van der Waals surface area contributed by atoms with Gasteiger partial charge in [-0.3, -0.25) is 9.59 Å². The largest absolute Gasteiger partial charge is 0.466 e. The predicted molar refractivity (Wildman–Crippen MR) is 116 cm³/mol. The molecule has 0 radical (unpaired) electrons. The van der Waals surface area contributed by atoms with Crippen LogP contribution in [0.25, 0.3) is 0 Å². The molecule has 0 spiro atoms. The number of para-hydroxylation sites is 1. The number of ether oxygens (including phenoxy) is 1. The molecule has 0 aromatic heterocycles. The molecule has 0 aliphatic heterocycles. The first-order chi connectivity index (χ1) is 13.5. The number of rotatable bonds is 10. The quantitative estimate of drug-likeness (QED) is 0.269. The van der Waals surface area contributed by atoms with Gasteiger partial charge in [-0.15, -0.1) is 11.8 Å². The van der Waals surface area contributed by atoms with Gasteiger partial charge in [0.1, 0.15) is 0 Å². The molecular formula is C22H28N2O3S. The monoisotopic (exact) mass is 400 g/mol. The zero-order valence-electron chi connectivity index (χ0n) is 16.5. The van der Waals surface area contributed by atoms with Crippen molar-refractivity contribution in [3.05, 3.63) is 54.1 Å². The van der Waals surface area contributed by atoms with E-state index in [0.717, 1.165) is 35.6 Å². The molecule has 150 valence electrons. The second-order valence-corrected chi connectivity index (χ2v) is 7.55. The van der Waals surface area contributed by atoms with E-state index in [1.807, 2.05) is 31.2 Å². The van der Waals surface area contributed by atoms with E-state index in [1.165, 1.54) is 0 Å². The van der Waals surface area contributed by atoms with Crippen LogP contribution in [-0.4, -0.2) is 31.3 Å². The van der Waals surface area contributed by atoms with Gasteiger partial charge >= 0.3 is 5.97 Å². The Kier molecular flexibility index (Phi) is 8.88. The fourth-order valence-electron chi connectivity index (χ4n) is 2.75. The van der Waals surface area contributed by atoms with Gasteiger partial charge < -0.3 is 15.4 Å². The topological polar surface area (TPSA) is 72.6 Å². The molecule has 0 aliphatic rings. The molecule has 2 rings (SSSR count). The number of nitrogens with two attached hydrogens (primary N) is 1. The van der Waals surface area contributed by atoms with E-state index in [9.17, 15) is 9.59 Å². The van der Waals surface area contributed by atoms with Gasteiger partial charge in [0.25, 0.3) is 5.91 Å². The molecule has 1 amide bonds. The van der Waals surface area contributed by atoms with Crippen LogP contribution in [0.4, 0.5) is 11.4 Å². The van der Waals surface area contributed by atoms with Gasteiger partial charge in [0, 0.05) is 29.6 Å². The number of thioether (sulfide) groups is 1. The molecule has 0 fully saturated rings. The third-order valence-corrected chi connectivity index (χ3v) is 5.43. The van der Waals surface area contributed by atoms with Crippen LogP contribution in [0.2, 0.25) is 0 Å². The molecule has 2 N–H and O–H groups in total. The number of hydrogen-bond acceptors (Lipinski definition) is 5. The molecule has 5 nitrogen and oxygen atoms in total. The highest BCUT2D eigenvalue weighted by Gasteiger charge is 2.16. The van der Waals surface area contributed by atoms with E-state index in [0.29, 0.717) is 24.3 Å². The van der Waals surface area contributed by atoms with Gasteiger partial charge in [0.2, 0.25) is 0 Å². The Morgan fingerprint density at radius 1 is 1.04 bits per heavy atom. The van der Waals surface area contributed by atoms with Crippen molar-refractivity contribution in [2.24, 2.45) is 0 Å². The zero-order chi connectivity index (χ0) is 20.4. The molecule has 2 aromatic rings. The van der Waals surface area contributed by atoms with Crippen molar-refractivity contribution in [1.82, 2.24) is 0 Å². The Hall–Kier alpha value is -2.47. The molecule has 0 bridgehead atoms. The van der Waals surface area contributed by atoms with E-state index in [2.05, 4.69) is 0 Å². The van der Waals surface area contributed by atoms with Crippen molar-refractivity contribution >= 4 is 35.0 Å². The lowest BCUT2D eigenvalue weighted by Gasteiger charge is -2.20. The maximum Gasteiger partial charge on any atom is 0.305 e. The number of nitrogen functional groups attached to an aromatic ring is 1. The van der Waals surface area contributed by atoms with Crippen molar-refractivity contribution in [2.75, 3.05) is 30.0 Å². The van der Waals surface area contributed by atoms with Crippen molar-refractivity contribution in [3.63, 3.8) is 0 Å². The van der Waals surface area contributed by atoms with Crippen LogP contribution >= 0.6 is 11.8 Å². The highest BCUT2D eigenvalue weighted by Crippen LogP contribution is 2.31. The molecular weight excluding hydrogens is 372 g/mol. The van der Waals surface area contributed by atoms with Gasteiger partial charge in [0.15, 0.2) is 0 Å². The van der Waals surface area contributed by atoms with E-state index >= 15 is 0 Å². The Bertz CT molecular complexity index is 778. The molecule has 0 heterocycles. The summed E-state index contributed by atoms with van der Waals surface area (Å²) in [7, 11) is 1.79. The number of carbonyl (C=O) groups is 2. The highest BCUT2D eigenvalue weighted by molar-refractivity contribution is 7.99. The standard InChI is InChI=1S/C22H28N2O3S/c1-3-27-21(25)11-5-4-8-16-28-20-10-7-6-9-19(20)24(2)22(26)17-12-14-18(23)15-13-17/h6-7,9-10,12-15H,3-5,8,11,16,23H2,1-2H3. The van der Waals surface area contributed by atoms with Crippen LogP contribution in [0.3, 0.4) is 0 Å². The van der Waals surface area contributed by atoms with Gasteiger partial charge in [0.05, 0.1) is 12.3 Å². The number of benzene rings is 2. The van der Waals surface area contributed by atoms with Crippen LogP contribution in [-0.2, 0) is 9.53 Å². The molecule has 2 aromatic carbocycles. The Morgan fingerprint density at radius 2 is 1.75 bits per heavy atom. The average molecular weight is 401 g/mol. The summed E-state index contributed by atoms with van der Waals surface area (Å²) in [6.45, 7) is 2.26. The van der Waals surface area contributed by atoms with Crippen molar-refractivity contribution in [1.29, 1.82) is 0 Å². The fraction of sp³-hybridized carbons (Fsp3) is 0.364. The van der Waals surface area contributed by atoms with Crippen LogP contribution in [0.15, 0.2) is 53.4 Å². The summed E-state index contributed by atoms with van der Waals surface area (Å²) in [4.78, 5) is 26.9. The molecule has 6 heteroatoms. The van der Waals surface area contributed by atoms with Crippen LogP contribution in [0, 0.1) is 0 Å². The number of carbonyl (C=O) groups excluding carboxylic acids is 2. The Labute approximate surface area is 171 Å². The number of esters is 1. The first-order valence-electron chi connectivity index (χ1n) is 9.54. The first-order valence-corrected chi connectivity index (χ1v) is 10.5. The van der Waals surface area contributed by atoms with E-state index in [-0.39, 0.29) is 11.9 Å². The summed E-state index contributed by atoms with van der Waals surface area (Å²) in [5, 5.41) is 0. The molecule has 0 saturated heterocycles. The molecule has 28 heavy (non-hydrogen) atoms. The second-order valence-electron chi connectivity index (χ2n) is 6.42. The minimum atomic E-state index is -0.122.